The van der Waals surface area contributed by atoms with Gasteiger partial charge in [-0.1, -0.05) is 4.49 Å². The molecule has 2 heterocycles. The van der Waals surface area contributed by atoms with E-state index in [0.29, 0.717) is 22.1 Å². The van der Waals surface area contributed by atoms with E-state index in [1.165, 1.54) is 6.21 Å². The van der Waals surface area contributed by atoms with Gasteiger partial charge in [0.1, 0.15) is 4.88 Å². The van der Waals surface area contributed by atoms with Crippen molar-refractivity contribution in [2.24, 2.45) is 5.10 Å². The third-order valence-corrected chi connectivity index (χ3v) is 3.46. The van der Waals surface area contributed by atoms with E-state index in [1.807, 2.05) is 6.07 Å². The van der Waals surface area contributed by atoms with Gasteiger partial charge in [-0.05, 0) is 42.2 Å². The number of hydrogen-bond donors (Lipinski definition) is 1. The molecule has 1 aromatic carbocycles. The lowest BCUT2D eigenvalue weighted by Crippen LogP contribution is -2.17. The van der Waals surface area contributed by atoms with Crippen LogP contribution in [0.15, 0.2) is 23.3 Å². The molecule has 20 heavy (non-hydrogen) atoms. The molecule has 1 N–H and O–H groups in total. The van der Waals surface area contributed by atoms with Crippen LogP contribution >= 0.6 is 11.5 Å². The molecule has 0 radical (unpaired) electrons. The third kappa shape index (κ3) is 2.45. The molecule has 0 unspecified atom stereocenters. The first-order valence-electron chi connectivity index (χ1n) is 5.76. The number of amides is 1. The summed E-state index contributed by atoms with van der Waals surface area (Å²) in [5.74, 6) is 1.05. The van der Waals surface area contributed by atoms with E-state index in [1.54, 1.807) is 19.1 Å². The minimum atomic E-state index is -0.325. The fourth-order valence-electron chi connectivity index (χ4n) is 1.65. The Morgan fingerprint density at radius 2 is 2.30 bits per heavy atom. The number of carbonyl (C=O) groups is 1. The fourth-order valence-corrected chi connectivity index (χ4v) is 2.20. The van der Waals surface area contributed by atoms with Crippen LogP contribution < -0.4 is 14.9 Å². The van der Waals surface area contributed by atoms with E-state index in [2.05, 4.69) is 20.1 Å². The van der Waals surface area contributed by atoms with Crippen LogP contribution in [0.5, 0.6) is 11.5 Å². The van der Waals surface area contributed by atoms with Gasteiger partial charge in [-0.25, -0.2) is 5.43 Å². The van der Waals surface area contributed by atoms with Crippen molar-refractivity contribution in [2.45, 2.75) is 6.92 Å². The Labute approximate surface area is 118 Å². The van der Waals surface area contributed by atoms with Gasteiger partial charge >= 0.3 is 0 Å². The van der Waals surface area contributed by atoms with Gasteiger partial charge in [0, 0.05) is 0 Å². The smallest absolute Gasteiger partial charge is 0.285 e. The minimum absolute atomic E-state index is 0.227. The number of fused-ring (bicyclic) bond motifs is 1. The van der Waals surface area contributed by atoms with Crippen molar-refractivity contribution in [3.05, 3.63) is 34.3 Å². The van der Waals surface area contributed by atoms with Crippen molar-refractivity contribution in [3.63, 3.8) is 0 Å². The van der Waals surface area contributed by atoms with Gasteiger partial charge < -0.3 is 9.47 Å². The quantitative estimate of drug-likeness (QED) is 0.681. The van der Waals surface area contributed by atoms with Gasteiger partial charge in [-0.15, -0.1) is 5.10 Å². The van der Waals surface area contributed by atoms with E-state index in [9.17, 15) is 4.79 Å². The number of rotatable bonds is 3. The molecule has 1 amide bonds. The van der Waals surface area contributed by atoms with Gasteiger partial charge in [-0.2, -0.15) is 5.10 Å². The van der Waals surface area contributed by atoms with Crippen molar-refractivity contribution in [1.82, 2.24) is 15.0 Å². The molecule has 8 heteroatoms. The van der Waals surface area contributed by atoms with Gasteiger partial charge in [0.05, 0.1) is 11.9 Å². The molecule has 0 fully saturated rings. The Morgan fingerprint density at radius 3 is 3.10 bits per heavy atom. The molecule has 0 saturated carbocycles. The molecule has 0 aliphatic carbocycles. The molecule has 1 aliphatic rings. The van der Waals surface area contributed by atoms with Crippen LogP contribution in [0, 0.1) is 6.92 Å². The van der Waals surface area contributed by atoms with Crippen molar-refractivity contribution < 1.29 is 14.3 Å². The Bertz CT molecular complexity index is 683. The average Bonchev–Trinajstić information content (AvgIpc) is 3.06. The zero-order valence-electron chi connectivity index (χ0n) is 10.5. The molecular formula is C12H10N4O3S. The van der Waals surface area contributed by atoms with Crippen LogP contribution in [0.25, 0.3) is 0 Å². The first-order chi connectivity index (χ1) is 9.74. The predicted octanol–water partition coefficient (Wildman–Crippen LogP) is 1.34. The normalized spacial score (nSPS) is 12.8. The predicted molar refractivity (Wildman–Crippen MR) is 72.3 cm³/mol. The first kappa shape index (κ1) is 12.5. The molecular weight excluding hydrogens is 280 g/mol. The Hall–Kier alpha value is -2.48. The maximum absolute atomic E-state index is 11.8. The van der Waals surface area contributed by atoms with Crippen molar-refractivity contribution >= 4 is 23.7 Å². The van der Waals surface area contributed by atoms with E-state index >= 15 is 0 Å². The van der Waals surface area contributed by atoms with Gasteiger partial charge in [0.15, 0.2) is 11.5 Å². The SMILES string of the molecule is Cc1nnsc1C(=O)NN=Cc1ccc2c(c1)OCO2. The van der Waals surface area contributed by atoms with E-state index in [-0.39, 0.29) is 12.7 Å². The summed E-state index contributed by atoms with van der Waals surface area (Å²) in [5.41, 5.74) is 3.82. The second-order valence-electron chi connectivity index (χ2n) is 4.00. The summed E-state index contributed by atoms with van der Waals surface area (Å²) >= 11 is 1.04. The maximum Gasteiger partial charge on any atom is 0.285 e. The van der Waals surface area contributed by atoms with E-state index < -0.39 is 0 Å². The lowest BCUT2D eigenvalue weighted by atomic mass is 10.2. The molecule has 0 bridgehead atoms. The molecule has 102 valence electrons. The summed E-state index contributed by atoms with van der Waals surface area (Å²) in [7, 11) is 0. The Balaban J connectivity index is 1.66. The second-order valence-corrected chi connectivity index (χ2v) is 4.75. The van der Waals surface area contributed by atoms with Crippen LogP contribution in [0.2, 0.25) is 0 Å². The highest BCUT2D eigenvalue weighted by molar-refractivity contribution is 7.07. The molecule has 1 aliphatic heterocycles. The van der Waals surface area contributed by atoms with Crippen molar-refractivity contribution in [1.29, 1.82) is 0 Å². The Kier molecular flexibility index (Phi) is 3.30. The maximum atomic E-state index is 11.8. The molecule has 0 saturated heterocycles. The number of benzene rings is 1. The number of nitrogens with zero attached hydrogens (tertiary/aromatic N) is 3. The number of aryl methyl sites for hydroxylation is 1. The standard InChI is InChI=1S/C12H10N4O3S/c1-7-11(20-16-14-7)12(17)15-13-5-8-2-3-9-10(4-8)19-6-18-9/h2-5H,6H2,1H3,(H,15,17). The highest BCUT2D eigenvalue weighted by Crippen LogP contribution is 2.31. The lowest BCUT2D eigenvalue weighted by Gasteiger charge is -1.98. The Morgan fingerprint density at radius 1 is 1.45 bits per heavy atom. The highest BCUT2D eigenvalue weighted by atomic mass is 32.1. The van der Waals surface area contributed by atoms with E-state index in [0.717, 1.165) is 17.1 Å². The van der Waals surface area contributed by atoms with Crippen molar-refractivity contribution in [2.75, 3.05) is 6.79 Å². The van der Waals surface area contributed by atoms with Crippen molar-refractivity contribution in [3.8, 4) is 11.5 Å². The largest absolute Gasteiger partial charge is 0.454 e. The van der Waals surface area contributed by atoms with Crippen LogP contribution in [-0.4, -0.2) is 28.5 Å². The summed E-state index contributed by atoms with van der Waals surface area (Å²) in [6.45, 7) is 1.95. The number of aromatic nitrogens is 2. The molecule has 3 rings (SSSR count). The van der Waals surface area contributed by atoms with Crippen LogP contribution in [-0.2, 0) is 0 Å². The van der Waals surface area contributed by atoms with Crippen LogP contribution in [0.4, 0.5) is 0 Å². The number of nitrogens with one attached hydrogen (secondary N) is 1. The van der Waals surface area contributed by atoms with Gasteiger partial charge in [0.25, 0.3) is 5.91 Å². The third-order valence-electron chi connectivity index (χ3n) is 2.63. The fraction of sp³-hybridized carbons (Fsp3) is 0.167. The molecule has 7 nitrogen and oxygen atoms in total. The van der Waals surface area contributed by atoms with E-state index in [4.69, 9.17) is 9.47 Å². The second kappa shape index (κ2) is 5.25. The number of hydrogen-bond acceptors (Lipinski definition) is 7. The molecule has 0 spiro atoms. The number of carbonyl (C=O) groups excluding carboxylic acids is 1. The lowest BCUT2D eigenvalue weighted by molar-refractivity contribution is 0.0958. The summed E-state index contributed by atoms with van der Waals surface area (Å²) in [4.78, 5) is 12.2. The van der Waals surface area contributed by atoms with Crippen LogP contribution in [0.3, 0.4) is 0 Å². The summed E-state index contributed by atoms with van der Waals surface area (Å²) < 4.78 is 14.2. The highest BCUT2D eigenvalue weighted by Gasteiger charge is 2.13. The zero-order chi connectivity index (χ0) is 13.9. The summed E-state index contributed by atoms with van der Waals surface area (Å²) in [5, 5.41) is 7.66. The molecule has 2 aromatic rings. The first-order valence-corrected chi connectivity index (χ1v) is 6.53. The molecule has 0 atom stereocenters. The van der Waals surface area contributed by atoms with Crippen LogP contribution in [0.1, 0.15) is 20.9 Å². The number of hydrazone groups is 1. The average molecular weight is 290 g/mol. The topological polar surface area (TPSA) is 85.7 Å². The van der Waals surface area contributed by atoms with Gasteiger partial charge in [-0.3, -0.25) is 4.79 Å². The monoisotopic (exact) mass is 290 g/mol. The number of ether oxygens (including phenoxy) is 2. The minimum Gasteiger partial charge on any atom is -0.454 e. The van der Waals surface area contributed by atoms with Gasteiger partial charge in [0.2, 0.25) is 6.79 Å². The summed E-state index contributed by atoms with van der Waals surface area (Å²) in [6.07, 6.45) is 1.53. The zero-order valence-corrected chi connectivity index (χ0v) is 11.3. The molecule has 1 aromatic heterocycles. The summed E-state index contributed by atoms with van der Waals surface area (Å²) in [6, 6.07) is 5.41.